The summed E-state index contributed by atoms with van der Waals surface area (Å²) in [5.74, 6) is 5.21. The molecule has 0 aliphatic carbocycles. The van der Waals surface area contributed by atoms with Gasteiger partial charge in [0.25, 0.3) is 5.91 Å². The predicted molar refractivity (Wildman–Crippen MR) is 78.2 cm³/mol. The molecule has 0 unspecified atom stereocenters. The number of carbonyl (C=O) groups is 1. The van der Waals surface area contributed by atoms with Crippen LogP contribution in [0.1, 0.15) is 27.2 Å². The molecule has 1 aliphatic heterocycles. The van der Waals surface area contributed by atoms with E-state index >= 15 is 0 Å². The molecule has 4 heteroatoms. The zero-order chi connectivity index (χ0) is 14.7. The molecule has 1 aliphatic rings. The van der Waals surface area contributed by atoms with E-state index in [-0.39, 0.29) is 12.5 Å². The summed E-state index contributed by atoms with van der Waals surface area (Å²) in [6.45, 7) is 0.953. The van der Waals surface area contributed by atoms with Gasteiger partial charge in [-0.3, -0.25) is 4.79 Å². The van der Waals surface area contributed by atoms with Crippen LogP contribution in [0.3, 0.4) is 0 Å². The Kier molecular flexibility index (Phi) is 3.67. The van der Waals surface area contributed by atoms with Crippen LogP contribution in [0.4, 0.5) is 0 Å². The summed E-state index contributed by atoms with van der Waals surface area (Å²) in [6.07, 6.45) is 1.58. The Hall–Kier alpha value is -2.64. The number of nitrogens with zero attached hydrogens (tertiary/aromatic N) is 2. The van der Waals surface area contributed by atoms with Gasteiger partial charge < -0.3 is 10.0 Å². The first-order valence-electron chi connectivity index (χ1n) is 6.70. The summed E-state index contributed by atoms with van der Waals surface area (Å²) < 4.78 is 0. The number of pyridine rings is 1. The maximum atomic E-state index is 12.6. The lowest BCUT2D eigenvalue weighted by Crippen LogP contribution is -2.27. The number of hydrogen-bond acceptors (Lipinski definition) is 3. The molecule has 2 heterocycles. The minimum Gasteiger partial charge on any atom is -0.384 e. The third kappa shape index (κ3) is 2.64. The Morgan fingerprint density at radius 1 is 1.19 bits per heavy atom. The van der Waals surface area contributed by atoms with Crippen LogP contribution in [0.25, 0.3) is 0 Å². The first kappa shape index (κ1) is 13.3. The zero-order valence-electron chi connectivity index (χ0n) is 11.4. The van der Waals surface area contributed by atoms with Crippen molar-refractivity contribution >= 4 is 5.91 Å². The van der Waals surface area contributed by atoms with Crippen molar-refractivity contribution in [3.8, 4) is 11.8 Å². The predicted octanol–water partition coefficient (Wildman–Crippen LogP) is 1.58. The first-order valence-corrected chi connectivity index (χ1v) is 6.70. The van der Waals surface area contributed by atoms with Gasteiger partial charge in [-0.05, 0) is 23.3 Å². The Bertz CT molecular complexity index is 719. The number of amides is 1. The highest BCUT2D eigenvalue weighted by Gasteiger charge is 2.25. The van der Waals surface area contributed by atoms with Gasteiger partial charge in [0.1, 0.15) is 12.3 Å². The lowest BCUT2D eigenvalue weighted by molar-refractivity contribution is 0.0745. The van der Waals surface area contributed by atoms with Crippen molar-refractivity contribution in [3.05, 3.63) is 65.0 Å². The van der Waals surface area contributed by atoms with Crippen molar-refractivity contribution in [3.63, 3.8) is 0 Å². The van der Waals surface area contributed by atoms with E-state index in [2.05, 4.69) is 16.8 Å². The summed E-state index contributed by atoms with van der Waals surface area (Å²) in [5, 5.41) is 8.80. The van der Waals surface area contributed by atoms with Gasteiger partial charge in [-0.1, -0.05) is 36.1 Å². The number of hydrogen-bond donors (Lipinski definition) is 1. The van der Waals surface area contributed by atoms with Gasteiger partial charge >= 0.3 is 0 Å². The minimum absolute atomic E-state index is 0.131. The van der Waals surface area contributed by atoms with Crippen LogP contribution in [0, 0.1) is 11.8 Å². The third-order valence-corrected chi connectivity index (χ3v) is 3.44. The smallest absolute Gasteiger partial charge is 0.274 e. The second-order valence-electron chi connectivity index (χ2n) is 4.79. The molecule has 0 radical (unpaired) electrons. The van der Waals surface area contributed by atoms with Crippen LogP contribution >= 0.6 is 0 Å². The van der Waals surface area contributed by atoms with Crippen LogP contribution in [0.15, 0.2) is 42.6 Å². The van der Waals surface area contributed by atoms with Gasteiger partial charge in [-0.15, -0.1) is 0 Å². The Morgan fingerprint density at radius 2 is 1.90 bits per heavy atom. The maximum Gasteiger partial charge on any atom is 0.274 e. The van der Waals surface area contributed by atoms with Crippen molar-refractivity contribution in [2.75, 3.05) is 6.61 Å². The molecule has 1 aromatic carbocycles. The fourth-order valence-electron chi connectivity index (χ4n) is 2.44. The van der Waals surface area contributed by atoms with Crippen LogP contribution in [-0.4, -0.2) is 27.5 Å². The average molecular weight is 278 g/mol. The highest BCUT2D eigenvalue weighted by atomic mass is 16.2. The van der Waals surface area contributed by atoms with Crippen molar-refractivity contribution < 1.29 is 9.90 Å². The van der Waals surface area contributed by atoms with Gasteiger partial charge in [0.05, 0.1) is 5.56 Å². The molecule has 1 aromatic heterocycles. The summed E-state index contributed by atoms with van der Waals surface area (Å²) in [4.78, 5) is 18.6. The number of carbonyl (C=O) groups excluding carboxylic acids is 1. The monoisotopic (exact) mass is 278 g/mol. The van der Waals surface area contributed by atoms with E-state index in [1.807, 2.05) is 24.3 Å². The van der Waals surface area contributed by atoms with E-state index in [4.69, 9.17) is 5.11 Å². The number of fused-ring (bicyclic) bond motifs is 1. The molecule has 0 fully saturated rings. The minimum atomic E-state index is -0.238. The Morgan fingerprint density at radius 3 is 2.57 bits per heavy atom. The summed E-state index contributed by atoms with van der Waals surface area (Å²) in [5.41, 5.74) is 3.23. The second kappa shape index (κ2) is 5.78. The Balaban J connectivity index is 1.88. The fourth-order valence-corrected chi connectivity index (χ4v) is 2.44. The number of aromatic nitrogens is 1. The Labute approximate surface area is 123 Å². The van der Waals surface area contributed by atoms with E-state index in [1.54, 1.807) is 23.2 Å². The summed E-state index contributed by atoms with van der Waals surface area (Å²) >= 11 is 0. The molecule has 0 spiro atoms. The van der Waals surface area contributed by atoms with Crippen LogP contribution in [0.2, 0.25) is 0 Å². The van der Waals surface area contributed by atoms with Gasteiger partial charge in [-0.25, -0.2) is 4.98 Å². The number of rotatable bonds is 1. The molecule has 1 amide bonds. The quantitative estimate of drug-likeness (QED) is 0.806. The molecule has 0 atom stereocenters. The highest BCUT2D eigenvalue weighted by Crippen LogP contribution is 2.24. The standard InChI is InChI=1S/C17H14N2O2/c20-10-4-8-13-7-3-9-18-16(13)17(21)19-11-14-5-1-2-6-15(14)12-19/h1-3,5-7,9,20H,10-12H2. The van der Waals surface area contributed by atoms with Crippen molar-refractivity contribution in [1.29, 1.82) is 0 Å². The fraction of sp³-hybridized carbons (Fsp3) is 0.176. The number of aliphatic hydroxyl groups is 1. The molecule has 104 valence electrons. The molecular weight excluding hydrogens is 264 g/mol. The van der Waals surface area contributed by atoms with E-state index in [9.17, 15) is 4.79 Å². The maximum absolute atomic E-state index is 12.6. The van der Waals surface area contributed by atoms with Crippen molar-refractivity contribution in [1.82, 2.24) is 9.88 Å². The van der Waals surface area contributed by atoms with E-state index < -0.39 is 0 Å². The molecule has 0 saturated carbocycles. The lowest BCUT2D eigenvalue weighted by atomic mass is 10.1. The molecule has 21 heavy (non-hydrogen) atoms. The number of aliphatic hydroxyl groups excluding tert-OH is 1. The zero-order valence-corrected chi connectivity index (χ0v) is 11.4. The molecule has 0 bridgehead atoms. The summed E-state index contributed by atoms with van der Waals surface area (Å²) in [6, 6.07) is 11.5. The first-order chi connectivity index (χ1) is 10.3. The van der Waals surface area contributed by atoms with Crippen LogP contribution in [0.5, 0.6) is 0 Å². The summed E-state index contributed by atoms with van der Waals surface area (Å²) in [7, 11) is 0. The highest BCUT2D eigenvalue weighted by molar-refractivity contribution is 5.95. The van der Waals surface area contributed by atoms with Gasteiger partial charge in [0, 0.05) is 19.3 Å². The van der Waals surface area contributed by atoms with Crippen LogP contribution in [-0.2, 0) is 13.1 Å². The topological polar surface area (TPSA) is 53.4 Å². The molecule has 1 N–H and O–H groups in total. The molecule has 3 rings (SSSR count). The van der Waals surface area contributed by atoms with Gasteiger partial charge in [-0.2, -0.15) is 0 Å². The average Bonchev–Trinajstić information content (AvgIpc) is 2.96. The van der Waals surface area contributed by atoms with Crippen molar-refractivity contribution in [2.45, 2.75) is 13.1 Å². The van der Waals surface area contributed by atoms with E-state index in [0.717, 1.165) is 0 Å². The molecular formula is C17H14N2O2. The number of benzene rings is 1. The lowest BCUT2D eigenvalue weighted by Gasteiger charge is -2.15. The molecule has 2 aromatic rings. The van der Waals surface area contributed by atoms with Gasteiger partial charge in [0.2, 0.25) is 0 Å². The SMILES string of the molecule is O=C(c1ncccc1C#CCO)N1Cc2ccccc2C1. The normalized spacial score (nSPS) is 12.5. The van der Waals surface area contributed by atoms with Gasteiger partial charge in [0.15, 0.2) is 0 Å². The molecule has 4 nitrogen and oxygen atoms in total. The van der Waals surface area contributed by atoms with Crippen LogP contribution < -0.4 is 0 Å². The third-order valence-electron chi connectivity index (χ3n) is 3.44. The second-order valence-corrected chi connectivity index (χ2v) is 4.79. The van der Waals surface area contributed by atoms with Crippen molar-refractivity contribution in [2.24, 2.45) is 0 Å². The van der Waals surface area contributed by atoms with E-state index in [0.29, 0.717) is 24.3 Å². The molecule has 0 saturated heterocycles. The van der Waals surface area contributed by atoms with E-state index in [1.165, 1.54) is 11.1 Å². The largest absolute Gasteiger partial charge is 0.384 e.